The van der Waals surface area contributed by atoms with Gasteiger partial charge in [0.25, 0.3) is 0 Å². The lowest BCUT2D eigenvalue weighted by atomic mass is 10.0. The van der Waals surface area contributed by atoms with Crippen molar-refractivity contribution in [2.24, 2.45) is 0 Å². The van der Waals surface area contributed by atoms with Crippen molar-refractivity contribution in [1.82, 2.24) is 9.13 Å². The molecule has 0 amide bonds. The molecule has 0 N–H and O–H groups in total. The van der Waals surface area contributed by atoms with Crippen LogP contribution in [0, 0.1) is 0 Å². The number of rotatable bonds is 6. The van der Waals surface area contributed by atoms with Crippen molar-refractivity contribution >= 4 is 93.4 Å². The highest BCUT2D eigenvalue weighted by Gasteiger charge is 2.22. The molecule has 4 nitrogen and oxygen atoms in total. The summed E-state index contributed by atoms with van der Waals surface area (Å²) in [5.74, 6) is 0. The Morgan fingerprint density at radius 3 is 1.63 bits per heavy atom. The summed E-state index contributed by atoms with van der Waals surface area (Å²) >= 11 is 0. The topological polar surface area (TPSA) is 26.2 Å². The van der Waals surface area contributed by atoms with Crippen LogP contribution in [0.5, 0.6) is 0 Å². The summed E-state index contributed by atoms with van der Waals surface area (Å²) in [5, 5.41) is 9.70. The molecule has 0 atom stereocenters. The predicted molar refractivity (Wildman–Crippen MR) is 260 cm³/mol. The molecule has 0 saturated heterocycles. The van der Waals surface area contributed by atoms with Crippen LogP contribution in [-0.2, 0) is 0 Å². The Kier molecular flexibility index (Phi) is 7.57. The number of hydrogen-bond acceptors (Lipinski definition) is 2. The van der Waals surface area contributed by atoms with Gasteiger partial charge in [-0.3, -0.25) is 0 Å². The number of furan rings is 1. The van der Waals surface area contributed by atoms with E-state index in [1.165, 1.54) is 48.9 Å². The number of anilines is 3. The third kappa shape index (κ3) is 5.20. The Morgan fingerprint density at radius 1 is 0.323 bits per heavy atom. The first-order valence-electron chi connectivity index (χ1n) is 21.2. The van der Waals surface area contributed by atoms with Crippen LogP contribution >= 0.6 is 0 Å². The Hall–Kier alpha value is -8.34. The number of hydrogen-bond donors (Lipinski definition) is 0. The highest BCUT2D eigenvalue weighted by molar-refractivity contribution is 6.21. The molecular weight excluding hydrogens is 755 g/mol. The lowest BCUT2D eigenvalue weighted by molar-refractivity contribution is 0.669. The quantitative estimate of drug-likeness (QED) is 0.168. The summed E-state index contributed by atoms with van der Waals surface area (Å²) < 4.78 is 11.1. The van der Waals surface area contributed by atoms with Gasteiger partial charge < -0.3 is 18.5 Å². The fraction of sp³-hybridized carbons (Fsp3) is 0. The molecule has 0 saturated carbocycles. The normalized spacial score (nSPS) is 11.9. The molecule has 4 heteroatoms. The molecule has 0 bridgehead atoms. The molecule has 0 aliphatic rings. The Balaban J connectivity index is 0.953. The average Bonchev–Trinajstić information content (AvgIpc) is 4.00. The molecule has 290 valence electrons. The molecule has 3 aromatic heterocycles. The molecule has 13 aromatic rings. The molecule has 0 aliphatic heterocycles. The van der Waals surface area contributed by atoms with Crippen molar-refractivity contribution in [3.05, 3.63) is 224 Å². The molecule has 0 spiro atoms. The lowest BCUT2D eigenvalue weighted by Crippen LogP contribution is -2.10. The molecule has 0 fully saturated rings. The zero-order valence-electron chi connectivity index (χ0n) is 33.6. The van der Waals surface area contributed by atoms with E-state index < -0.39 is 0 Å². The van der Waals surface area contributed by atoms with Gasteiger partial charge in [0, 0.05) is 55.1 Å². The van der Waals surface area contributed by atoms with E-state index in [-0.39, 0.29) is 0 Å². The molecule has 0 aliphatic carbocycles. The molecule has 0 radical (unpaired) electrons. The maximum Gasteiger partial charge on any atom is 0.135 e. The maximum absolute atomic E-state index is 6.31. The number of para-hydroxylation sites is 4. The van der Waals surface area contributed by atoms with E-state index >= 15 is 0 Å². The first-order valence-corrected chi connectivity index (χ1v) is 21.2. The first kappa shape index (κ1) is 34.5. The minimum Gasteiger partial charge on any atom is -0.456 e. The van der Waals surface area contributed by atoms with Crippen LogP contribution in [0.1, 0.15) is 0 Å². The van der Waals surface area contributed by atoms with Crippen LogP contribution in [0.2, 0.25) is 0 Å². The third-order valence-corrected chi connectivity index (χ3v) is 12.7. The number of benzene rings is 10. The van der Waals surface area contributed by atoms with Crippen molar-refractivity contribution in [2.75, 3.05) is 4.90 Å². The van der Waals surface area contributed by atoms with E-state index in [1.807, 2.05) is 12.1 Å². The molecule has 3 heterocycles. The van der Waals surface area contributed by atoms with E-state index in [0.29, 0.717) is 0 Å². The van der Waals surface area contributed by atoms with Gasteiger partial charge in [-0.1, -0.05) is 133 Å². The van der Waals surface area contributed by atoms with Crippen LogP contribution in [0.15, 0.2) is 229 Å². The van der Waals surface area contributed by atoms with Crippen molar-refractivity contribution in [3.8, 4) is 22.5 Å². The van der Waals surface area contributed by atoms with E-state index in [0.717, 1.165) is 67.0 Å². The SMILES string of the molecule is c1ccc(-n2c3ccccc3c3c(N(c4ccc(-c5ccc(-n6c7ccccc7c7c8ccccc8ccc76)cc5)cc4)c4ccc5oc6ccccc6c5c4)cccc32)cc1. The zero-order valence-corrected chi connectivity index (χ0v) is 33.6. The molecule has 10 aromatic carbocycles. The number of nitrogens with zero attached hydrogens (tertiary/aromatic N) is 3. The van der Waals surface area contributed by atoms with Crippen LogP contribution in [0.4, 0.5) is 17.1 Å². The summed E-state index contributed by atoms with van der Waals surface area (Å²) in [6.07, 6.45) is 0. The first-order chi connectivity index (χ1) is 30.8. The largest absolute Gasteiger partial charge is 0.456 e. The Bertz CT molecular complexity index is 3850. The number of fused-ring (bicyclic) bond motifs is 11. The van der Waals surface area contributed by atoms with E-state index in [1.54, 1.807) is 0 Å². The molecular formula is C58H37N3O. The van der Waals surface area contributed by atoms with Gasteiger partial charge in [-0.25, -0.2) is 0 Å². The van der Waals surface area contributed by atoms with Crippen LogP contribution < -0.4 is 4.90 Å². The average molecular weight is 792 g/mol. The second-order valence-corrected chi connectivity index (χ2v) is 16.1. The van der Waals surface area contributed by atoms with E-state index in [2.05, 4.69) is 226 Å². The minimum atomic E-state index is 0.877. The highest BCUT2D eigenvalue weighted by atomic mass is 16.3. The third-order valence-electron chi connectivity index (χ3n) is 12.7. The predicted octanol–water partition coefficient (Wildman–Crippen LogP) is 16.1. The van der Waals surface area contributed by atoms with Crippen molar-refractivity contribution < 1.29 is 4.42 Å². The monoisotopic (exact) mass is 791 g/mol. The summed E-state index contributed by atoms with van der Waals surface area (Å²) in [4.78, 5) is 2.41. The van der Waals surface area contributed by atoms with E-state index in [4.69, 9.17) is 4.42 Å². The standard InChI is InChI=1S/C58H37N3O/c1-2-14-41(15-3-1)60-51-21-10-7-19-48(51)58-52(22-12-23-53(58)60)59(44-34-36-56-49(37-44)46-17-8-11-24-55(46)62-56)42-30-25-38(26-31-42)39-27-32-43(33-28-39)61-50-20-9-6-18-47(50)57-45-16-5-4-13-40(45)29-35-54(57)61/h1-37H. The summed E-state index contributed by atoms with van der Waals surface area (Å²) in [5.41, 5.74) is 14.3. The number of aromatic nitrogens is 2. The van der Waals surface area contributed by atoms with Gasteiger partial charge in [-0.2, -0.15) is 0 Å². The smallest absolute Gasteiger partial charge is 0.135 e. The van der Waals surface area contributed by atoms with Gasteiger partial charge in [0.1, 0.15) is 11.2 Å². The fourth-order valence-electron chi connectivity index (χ4n) is 9.95. The van der Waals surface area contributed by atoms with Gasteiger partial charge in [0.2, 0.25) is 0 Å². The van der Waals surface area contributed by atoms with Crippen molar-refractivity contribution in [2.45, 2.75) is 0 Å². The second-order valence-electron chi connectivity index (χ2n) is 16.1. The molecule has 62 heavy (non-hydrogen) atoms. The van der Waals surface area contributed by atoms with Gasteiger partial charge >= 0.3 is 0 Å². The summed E-state index contributed by atoms with van der Waals surface area (Å²) in [6, 6.07) is 81.0. The second kappa shape index (κ2) is 13.6. The Labute approximate surface area is 357 Å². The van der Waals surface area contributed by atoms with Crippen molar-refractivity contribution in [3.63, 3.8) is 0 Å². The zero-order chi connectivity index (χ0) is 40.7. The highest BCUT2D eigenvalue weighted by Crippen LogP contribution is 2.45. The van der Waals surface area contributed by atoms with Crippen LogP contribution in [0.25, 0.3) is 98.8 Å². The van der Waals surface area contributed by atoms with Gasteiger partial charge in [0.15, 0.2) is 0 Å². The van der Waals surface area contributed by atoms with Crippen molar-refractivity contribution in [1.29, 1.82) is 0 Å². The van der Waals surface area contributed by atoms with Crippen LogP contribution in [0.3, 0.4) is 0 Å². The fourth-order valence-corrected chi connectivity index (χ4v) is 9.95. The summed E-state index contributed by atoms with van der Waals surface area (Å²) in [7, 11) is 0. The summed E-state index contributed by atoms with van der Waals surface area (Å²) in [6.45, 7) is 0. The maximum atomic E-state index is 6.31. The molecule has 13 rings (SSSR count). The Morgan fingerprint density at radius 2 is 0.871 bits per heavy atom. The minimum absolute atomic E-state index is 0.877. The van der Waals surface area contributed by atoms with Gasteiger partial charge in [-0.15, -0.1) is 0 Å². The lowest BCUT2D eigenvalue weighted by Gasteiger charge is -2.27. The van der Waals surface area contributed by atoms with Crippen LogP contribution in [-0.4, -0.2) is 9.13 Å². The molecule has 0 unspecified atom stereocenters. The van der Waals surface area contributed by atoms with E-state index in [9.17, 15) is 0 Å². The van der Waals surface area contributed by atoms with Gasteiger partial charge in [0.05, 0.1) is 27.8 Å². The van der Waals surface area contributed by atoms with Gasteiger partial charge in [-0.05, 0) is 113 Å².